The molecule has 0 atom stereocenters. The van der Waals surface area contributed by atoms with E-state index >= 15 is 0 Å². The molecule has 0 aromatic heterocycles. The highest BCUT2D eigenvalue weighted by Gasteiger charge is 2.16. The topological polar surface area (TPSA) is 219 Å². The maximum Gasteiger partial charge on any atom is 0.165 e. The molecular weight excluding hydrogens is 818 g/mol. The minimum atomic E-state index is -0.783. The van der Waals surface area contributed by atoms with Crippen LogP contribution in [0.4, 0.5) is 13.2 Å². The summed E-state index contributed by atoms with van der Waals surface area (Å²) in [5, 5.41) is 90.5. The molecule has 0 fully saturated rings. The Kier molecular flexibility index (Phi) is 14.4. The molecule has 0 saturated heterocycles. The van der Waals surface area contributed by atoms with E-state index in [9.17, 15) is 28.5 Å². The van der Waals surface area contributed by atoms with Crippen molar-refractivity contribution in [2.24, 2.45) is 15.5 Å². The maximum atomic E-state index is 13.3. The van der Waals surface area contributed by atoms with Crippen molar-refractivity contribution in [3.05, 3.63) is 140 Å². The van der Waals surface area contributed by atoms with E-state index in [1.807, 2.05) is 0 Å². The van der Waals surface area contributed by atoms with Gasteiger partial charge in [0.25, 0.3) is 0 Å². The van der Waals surface area contributed by atoms with Gasteiger partial charge in [-0.1, -0.05) is 86.7 Å². The Labute approximate surface area is 335 Å². The quantitative estimate of drug-likeness (QED) is 0.0442. The molecule has 57 heavy (non-hydrogen) atoms. The molecule has 0 radical (unpaired) electrons. The number of rotatable bonds is 6. The fourth-order valence-electron chi connectivity index (χ4n) is 4.93. The molecule has 0 aliphatic rings. The summed E-state index contributed by atoms with van der Waals surface area (Å²) in [6.07, 6.45) is 3.09. The van der Waals surface area contributed by atoms with Crippen molar-refractivity contribution in [1.29, 1.82) is 0 Å². The van der Waals surface area contributed by atoms with Gasteiger partial charge in [-0.15, -0.1) is 0 Å². The van der Waals surface area contributed by atoms with Gasteiger partial charge in [-0.05, 0) is 71.3 Å². The van der Waals surface area contributed by atoms with Gasteiger partial charge in [0, 0.05) is 33.4 Å². The highest BCUT2D eigenvalue weighted by molar-refractivity contribution is 6.36. The van der Waals surface area contributed by atoms with Crippen molar-refractivity contribution < 1.29 is 59.4 Å². The minimum Gasteiger partial charge on any atom is -0.506 e. The van der Waals surface area contributed by atoms with Crippen LogP contribution in [0.3, 0.4) is 0 Å². The second-order valence-corrected chi connectivity index (χ2v) is 12.5. The molecule has 0 unspecified atom stereocenters. The summed E-state index contributed by atoms with van der Waals surface area (Å²) < 4.78 is 39.9. The van der Waals surface area contributed by atoms with Gasteiger partial charge in [0.2, 0.25) is 0 Å². The number of hydrogen-bond donors (Lipinski definition) is 9. The molecule has 6 rings (SSSR count). The predicted molar refractivity (Wildman–Crippen MR) is 209 cm³/mol. The molecule has 0 aliphatic heterocycles. The van der Waals surface area contributed by atoms with Gasteiger partial charge in [0.1, 0.15) is 17.2 Å². The predicted octanol–water partition coefficient (Wildman–Crippen LogP) is 10.1. The van der Waals surface area contributed by atoms with Crippen LogP contribution in [0, 0.1) is 17.5 Å². The number of benzene rings is 6. The lowest BCUT2D eigenvalue weighted by Gasteiger charge is -2.09. The van der Waals surface area contributed by atoms with Gasteiger partial charge in [0.15, 0.2) is 34.7 Å². The van der Waals surface area contributed by atoms with Gasteiger partial charge >= 0.3 is 0 Å². The van der Waals surface area contributed by atoms with E-state index < -0.39 is 34.7 Å². The molecule has 6 aromatic carbocycles. The zero-order chi connectivity index (χ0) is 42.0. The summed E-state index contributed by atoms with van der Waals surface area (Å²) >= 11 is 17.9. The summed E-state index contributed by atoms with van der Waals surface area (Å²) in [5.74, 6) is -4.56. The van der Waals surface area contributed by atoms with Gasteiger partial charge in [-0.2, -0.15) is 0 Å². The van der Waals surface area contributed by atoms with Crippen molar-refractivity contribution in [3.63, 3.8) is 0 Å². The highest BCUT2D eigenvalue weighted by atomic mass is 35.5. The Bertz CT molecular complexity index is 2250. The van der Waals surface area contributed by atoms with Crippen molar-refractivity contribution in [3.8, 4) is 67.9 Å². The minimum absolute atomic E-state index is 0.00231. The molecule has 6 aromatic rings. The van der Waals surface area contributed by atoms with Crippen molar-refractivity contribution in [2.75, 3.05) is 0 Å². The van der Waals surface area contributed by atoms with Crippen LogP contribution in [0.25, 0.3) is 33.4 Å². The number of halogens is 6. The van der Waals surface area contributed by atoms with E-state index in [2.05, 4.69) is 15.5 Å². The number of oxime groups is 3. The van der Waals surface area contributed by atoms with E-state index in [-0.39, 0.29) is 49.0 Å². The van der Waals surface area contributed by atoms with Crippen molar-refractivity contribution in [2.45, 2.75) is 0 Å². The molecule has 9 N–H and O–H groups in total. The molecule has 0 heterocycles. The fraction of sp³-hybridized carbons (Fsp3) is 0. The molecule has 0 spiro atoms. The lowest BCUT2D eigenvalue weighted by atomic mass is 10.0. The summed E-state index contributed by atoms with van der Waals surface area (Å²) in [5.41, 5.74) is 3.10. The Morgan fingerprint density at radius 1 is 0.386 bits per heavy atom. The monoisotopic (exact) mass is 843 g/mol. The third kappa shape index (κ3) is 10.1. The third-order valence-corrected chi connectivity index (χ3v) is 8.96. The first-order chi connectivity index (χ1) is 27.1. The van der Waals surface area contributed by atoms with Crippen LogP contribution in [0.15, 0.2) is 106 Å². The second kappa shape index (κ2) is 19.2. The largest absolute Gasteiger partial charge is 0.506 e. The van der Waals surface area contributed by atoms with E-state index in [1.54, 1.807) is 18.2 Å². The average molecular weight is 845 g/mol. The van der Waals surface area contributed by atoms with E-state index in [0.717, 1.165) is 36.8 Å². The average Bonchev–Trinajstić information content (AvgIpc) is 3.18. The van der Waals surface area contributed by atoms with E-state index in [4.69, 9.17) is 65.7 Å². The fourth-order valence-corrected chi connectivity index (χ4v) is 5.77. The van der Waals surface area contributed by atoms with Crippen LogP contribution >= 0.6 is 34.8 Å². The third-order valence-electron chi connectivity index (χ3n) is 7.81. The van der Waals surface area contributed by atoms with Gasteiger partial charge in [0.05, 0.1) is 33.7 Å². The van der Waals surface area contributed by atoms with Crippen molar-refractivity contribution >= 4 is 53.4 Å². The van der Waals surface area contributed by atoms with Crippen molar-refractivity contribution in [1.82, 2.24) is 0 Å². The molecule has 0 bridgehead atoms. The summed E-state index contributed by atoms with van der Waals surface area (Å²) in [6, 6.07) is 20.4. The number of phenols is 6. The molecule has 18 heteroatoms. The van der Waals surface area contributed by atoms with Crippen LogP contribution in [0.5, 0.6) is 34.5 Å². The standard InChI is InChI=1S/3C13H9ClFNO3/c3*14-12-9(3-1-8(6-16-19)13(12)18)7-2-4-11(17)10(15)5-7/h3*1-6,17-19H/b3*16-6+. The summed E-state index contributed by atoms with van der Waals surface area (Å²) in [7, 11) is 0. The van der Waals surface area contributed by atoms with Crippen LogP contribution in [0.2, 0.25) is 15.1 Å². The van der Waals surface area contributed by atoms with Crippen LogP contribution in [-0.2, 0) is 0 Å². The zero-order valence-electron chi connectivity index (χ0n) is 28.5. The molecule has 294 valence electrons. The lowest BCUT2D eigenvalue weighted by Crippen LogP contribution is -1.88. The molecule has 0 aliphatic carbocycles. The molecular formula is C39H27Cl3F3N3O9. The molecule has 0 saturated carbocycles. The Morgan fingerprint density at radius 2 is 0.632 bits per heavy atom. The Hall–Kier alpha value is -6.81. The normalized spacial score (nSPS) is 11.1. The molecule has 12 nitrogen and oxygen atoms in total. The first-order valence-corrected chi connectivity index (χ1v) is 16.8. The summed E-state index contributed by atoms with van der Waals surface area (Å²) in [4.78, 5) is 0. The second-order valence-electron chi connectivity index (χ2n) is 11.3. The van der Waals surface area contributed by atoms with Gasteiger partial charge in [-0.3, -0.25) is 0 Å². The number of hydrogen-bond acceptors (Lipinski definition) is 12. The first kappa shape index (κ1) is 42.9. The maximum absolute atomic E-state index is 13.3. The lowest BCUT2D eigenvalue weighted by molar-refractivity contribution is 0.321. The number of aromatic hydroxyl groups is 6. The molecule has 0 amide bonds. The number of phenolic OH excluding ortho intramolecular Hbond substituents is 6. The van der Waals surface area contributed by atoms with Crippen LogP contribution < -0.4 is 0 Å². The summed E-state index contributed by atoms with van der Waals surface area (Å²) in [6.45, 7) is 0. The van der Waals surface area contributed by atoms with Crippen LogP contribution in [-0.4, -0.2) is 64.9 Å². The SMILES string of the molecule is O/N=C/c1ccc(-c2ccc(O)c(F)c2)c(Cl)c1O.O/N=C/c1ccc(-c2ccc(O)c(F)c2)c(Cl)c1O.O/N=C/c1ccc(-c2ccc(O)c(F)c2)c(Cl)c1O. The van der Waals surface area contributed by atoms with E-state index in [1.165, 1.54) is 54.6 Å². The Balaban J connectivity index is 0.000000189. The smallest absolute Gasteiger partial charge is 0.165 e. The van der Waals surface area contributed by atoms with Gasteiger partial charge in [-0.25, -0.2) is 13.2 Å². The Morgan fingerprint density at radius 3 is 0.842 bits per heavy atom. The zero-order valence-corrected chi connectivity index (χ0v) is 30.8. The first-order valence-electron chi connectivity index (χ1n) is 15.7. The highest BCUT2D eigenvalue weighted by Crippen LogP contribution is 2.40. The van der Waals surface area contributed by atoms with Crippen LogP contribution in [0.1, 0.15) is 16.7 Å². The number of nitrogens with zero attached hydrogens (tertiary/aromatic N) is 3. The van der Waals surface area contributed by atoms with E-state index in [0.29, 0.717) is 33.4 Å². The van der Waals surface area contributed by atoms with Gasteiger partial charge < -0.3 is 46.3 Å².